The number of hydrogen-bond acceptors (Lipinski definition) is 6. The number of nitrogens with zero attached hydrogens (tertiary/aromatic N) is 1. The van der Waals surface area contributed by atoms with Gasteiger partial charge in [-0.25, -0.2) is 21.6 Å². The first kappa shape index (κ1) is 25.9. The van der Waals surface area contributed by atoms with Crippen LogP contribution in [0.1, 0.15) is 19.4 Å². The van der Waals surface area contributed by atoms with Crippen molar-refractivity contribution in [3.05, 3.63) is 47.0 Å². The van der Waals surface area contributed by atoms with Gasteiger partial charge in [0.25, 0.3) is 0 Å². The van der Waals surface area contributed by atoms with Gasteiger partial charge in [-0.3, -0.25) is 9.10 Å². The topological polar surface area (TPSA) is 122 Å². The number of rotatable bonds is 9. The van der Waals surface area contributed by atoms with Crippen LogP contribution in [-0.4, -0.2) is 48.7 Å². The molecule has 0 spiro atoms. The van der Waals surface area contributed by atoms with Crippen molar-refractivity contribution in [1.82, 2.24) is 4.72 Å². The first-order valence-electron chi connectivity index (χ1n) is 9.48. The molecule has 12 heteroatoms. The van der Waals surface area contributed by atoms with Gasteiger partial charge in [-0.2, -0.15) is 0 Å². The summed E-state index contributed by atoms with van der Waals surface area (Å²) in [4.78, 5) is 12.7. The van der Waals surface area contributed by atoms with Crippen molar-refractivity contribution in [3.63, 3.8) is 0 Å². The molecule has 1 amide bonds. The Morgan fingerprint density at radius 3 is 2.31 bits per heavy atom. The van der Waals surface area contributed by atoms with Crippen LogP contribution in [0.3, 0.4) is 0 Å². The van der Waals surface area contributed by atoms with Gasteiger partial charge in [0.05, 0.1) is 29.6 Å². The van der Waals surface area contributed by atoms with Crippen molar-refractivity contribution in [2.24, 2.45) is 0 Å². The average Bonchev–Trinajstić information content (AvgIpc) is 2.64. The normalized spacial score (nSPS) is 12.0. The Bertz CT molecular complexity index is 1210. The van der Waals surface area contributed by atoms with E-state index in [1.807, 2.05) is 0 Å². The number of halogens is 1. The zero-order chi connectivity index (χ0) is 24.3. The molecule has 176 valence electrons. The SMILES string of the molecule is COc1ccc(S(=O)(=O)NC(C)C)cc1NC(=O)CN(c1ccc(Cl)cc1C)S(C)(=O)=O. The predicted molar refractivity (Wildman–Crippen MR) is 125 cm³/mol. The van der Waals surface area contributed by atoms with E-state index in [9.17, 15) is 21.6 Å². The van der Waals surface area contributed by atoms with E-state index in [2.05, 4.69) is 10.0 Å². The third-order valence-electron chi connectivity index (χ3n) is 4.26. The summed E-state index contributed by atoms with van der Waals surface area (Å²) in [6.07, 6.45) is 0.986. The number of carbonyl (C=O) groups excluding carboxylic acids is 1. The van der Waals surface area contributed by atoms with Crippen molar-refractivity contribution in [3.8, 4) is 5.75 Å². The molecule has 2 rings (SSSR count). The van der Waals surface area contributed by atoms with Gasteiger partial charge in [-0.15, -0.1) is 0 Å². The zero-order valence-electron chi connectivity index (χ0n) is 18.3. The quantitative estimate of drug-likeness (QED) is 0.542. The smallest absolute Gasteiger partial charge is 0.245 e. The summed E-state index contributed by atoms with van der Waals surface area (Å²) >= 11 is 5.95. The Balaban J connectivity index is 2.37. The lowest BCUT2D eigenvalue weighted by atomic mass is 10.2. The molecule has 0 fully saturated rings. The first-order valence-corrected chi connectivity index (χ1v) is 13.2. The molecule has 0 aromatic heterocycles. The molecule has 2 aromatic rings. The zero-order valence-corrected chi connectivity index (χ0v) is 20.7. The number of anilines is 2. The van der Waals surface area contributed by atoms with Gasteiger partial charge < -0.3 is 10.1 Å². The van der Waals surface area contributed by atoms with E-state index in [1.165, 1.54) is 37.4 Å². The van der Waals surface area contributed by atoms with Crippen molar-refractivity contribution >= 4 is 48.9 Å². The molecule has 0 atom stereocenters. The number of benzene rings is 2. The third kappa shape index (κ3) is 6.58. The molecule has 2 N–H and O–H groups in total. The summed E-state index contributed by atoms with van der Waals surface area (Å²) in [7, 11) is -6.26. The number of ether oxygens (including phenoxy) is 1. The van der Waals surface area contributed by atoms with E-state index < -0.39 is 32.5 Å². The van der Waals surface area contributed by atoms with Gasteiger partial charge in [0.2, 0.25) is 26.0 Å². The molecule has 9 nitrogen and oxygen atoms in total. The fraction of sp³-hybridized carbons (Fsp3) is 0.350. The van der Waals surface area contributed by atoms with E-state index in [1.54, 1.807) is 26.8 Å². The summed E-state index contributed by atoms with van der Waals surface area (Å²) in [5, 5.41) is 2.97. The molecule has 0 aliphatic carbocycles. The molecule has 0 saturated heterocycles. The van der Waals surface area contributed by atoms with Gasteiger partial charge in [-0.05, 0) is 62.7 Å². The van der Waals surface area contributed by atoms with Crippen LogP contribution in [0.25, 0.3) is 0 Å². The fourth-order valence-electron chi connectivity index (χ4n) is 2.93. The number of carbonyl (C=O) groups is 1. The number of sulfonamides is 2. The first-order chi connectivity index (χ1) is 14.7. The molecule has 0 radical (unpaired) electrons. The molecule has 0 bridgehead atoms. The lowest BCUT2D eigenvalue weighted by Crippen LogP contribution is -2.38. The number of methoxy groups -OCH3 is 1. The van der Waals surface area contributed by atoms with Crippen molar-refractivity contribution in [2.45, 2.75) is 31.7 Å². The Labute approximate surface area is 193 Å². The van der Waals surface area contributed by atoms with Crippen LogP contribution in [0.2, 0.25) is 5.02 Å². The maximum absolute atomic E-state index is 12.8. The van der Waals surface area contributed by atoms with Gasteiger partial charge in [0, 0.05) is 11.1 Å². The molecule has 0 aliphatic heterocycles. The largest absolute Gasteiger partial charge is 0.495 e. The molecule has 0 unspecified atom stereocenters. The van der Waals surface area contributed by atoms with E-state index in [-0.39, 0.29) is 22.4 Å². The molecule has 0 heterocycles. The van der Waals surface area contributed by atoms with E-state index >= 15 is 0 Å². The van der Waals surface area contributed by atoms with Crippen molar-refractivity contribution in [1.29, 1.82) is 0 Å². The monoisotopic (exact) mass is 503 g/mol. The van der Waals surface area contributed by atoms with Crippen LogP contribution >= 0.6 is 11.6 Å². The minimum atomic E-state index is -3.82. The molecular formula is C20H26ClN3O6S2. The lowest BCUT2D eigenvalue weighted by molar-refractivity contribution is -0.114. The highest BCUT2D eigenvalue weighted by Gasteiger charge is 2.24. The van der Waals surface area contributed by atoms with E-state index in [4.69, 9.17) is 16.3 Å². The van der Waals surface area contributed by atoms with E-state index in [0.29, 0.717) is 16.3 Å². The molecular weight excluding hydrogens is 478 g/mol. The molecule has 2 aromatic carbocycles. The average molecular weight is 504 g/mol. The van der Waals surface area contributed by atoms with Crippen LogP contribution in [0, 0.1) is 6.92 Å². The van der Waals surface area contributed by atoms with Crippen molar-refractivity contribution < 1.29 is 26.4 Å². The van der Waals surface area contributed by atoms with Gasteiger partial charge in [0.15, 0.2) is 0 Å². The summed E-state index contributed by atoms with van der Waals surface area (Å²) < 4.78 is 58.3. The summed E-state index contributed by atoms with van der Waals surface area (Å²) in [5.41, 5.74) is 0.961. The van der Waals surface area contributed by atoms with Crippen LogP contribution in [0.5, 0.6) is 5.75 Å². The fourth-order valence-corrected chi connectivity index (χ4v) is 5.35. The Morgan fingerprint density at radius 2 is 1.78 bits per heavy atom. The Morgan fingerprint density at radius 1 is 1.12 bits per heavy atom. The minimum Gasteiger partial charge on any atom is -0.495 e. The van der Waals surface area contributed by atoms with Crippen LogP contribution in [0.4, 0.5) is 11.4 Å². The summed E-state index contributed by atoms with van der Waals surface area (Å²) in [6, 6.07) is 8.30. The predicted octanol–water partition coefficient (Wildman–Crippen LogP) is 2.75. The maximum Gasteiger partial charge on any atom is 0.245 e. The van der Waals surface area contributed by atoms with Gasteiger partial charge in [-0.1, -0.05) is 11.6 Å². The second kappa shape index (κ2) is 10.1. The number of nitrogens with one attached hydrogen (secondary N) is 2. The summed E-state index contributed by atoms with van der Waals surface area (Å²) in [6.45, 7) is 4.51. The molecule has 0 aliphatic rings. The lowest BCUT2D eigenvalue weighted by Gasteiger charge is -2.24. The second-order valence-electron chi connectivity index (χ2n) is 7.39. The van der Waals surface area contributed by atoms with Crippen LogP contribution < -0.4 is 19.1 Å². The standard InChI is InChI=1S/C20H26ClN3O6S2/c1-13(2)23-32(28,29)16-7-9-19(30-4)17(11-16)22-20(25)12-24(31(5,26)27)18-8-6-15(21)10-14(18)3/h6-11,13,23H,12H2,1-5H3,(H,22,25). The summed E-state index contributed by atoms with van der Waals surface area (Å²) in [5.74, 6) is -0.468. The molecule has 32 heavy (non-hydrogen) atoms. The molecule has 0 saturated carbocycles. The maximum atomic E-state index is 12.8. The van der Waals surface area contributed by atoms with Crippen molar-refractivity contribution in [2.75, 3.05) is 29.5 Å². The Kier molecular flexibility index (Phi) is 8.16. The highest BCUT2D eigenvalue weighted by molar-refractivity contribution is 7.92. The number of hydrogen-bond donors (Lipinski definition) is 2. The Hall–Kier alpha value is -2.34. The van der Waals surface area contributed by atoms with Crippen LogP contribution in [0.15, 0.2) is 41.3 Å². The number of aryl methyl sites for hydroxylation is 1. The number of amides is 1. The van der Waals surface area contributed by atoms with Gasteiger partial charge >= 0.3 is 0 Å². The second-order valence-corrected chi connectivity index (χ2v) is 11.4. The third-order valence-corrected chi connectivity index (χ3v) is 7.28. The van der Waals surface area contributed by atoms with E-state index in [0.717, 1.165) is 10.6 Å². The van der Waals surface area contributed by atoms with Gasteiger partial charge in [0.1, 0.15) is 12.3 Å². The minimum absolute atomic E-state index is 0.0733. The highest BCUT2D eigenvalue weighted by atomic mass is 35.5. The highest BCUT2D eigenvalue weighted by Crippen LogP contribution is 2.29. The van der Waals surface area contributed by atoms with Crippen LogP contribution in [-0.2, 0) is 24.8 Å².